The molecule has 60 heavy (non-hydrogen) atoms. The van der Waals surface area contributed by atoms with Gasteiger partial charge in [-0.1, -0.05) is 116 Å². The minimum absolute atomic E-state index is 0.0168. The highest BCUT2D eigenvalue weighted by Gasteiger charge is 2.46. The number of ether oxygens (including phenoxy) is 3. The Labute approximate surface area is 357 Å². The van der Waals surface area contributed by atoms with E-state index in [4.69, 9.17) is 43.1 Å². The highest BCUT2D eigenvalue weighted by Crippen LogP contribution is 2.38. The molecule has 5 aromatic rings. The molecule has 1 aliphatic rings. The van der Waals surface area contributed by atoms with Crippen LogP contribution < -0.4 is 26.4 Å². The summed E-state index contributed by atoms with van der Waals surface area (Å²) in [5.74, 6) is -2.00. The van der Waals surface area contributed by atoms with Crippen LogP contribution in [0.15, 0.2) is 97.1 Å². The van der Waals surface area contributed by atoms with Crippen LogP contribution in [-0.4, -0.2) is 52.6 Å². The SMILES string of the molecule is CCC(C)C(NC(=O)C1(NC(=O)C(CCc2ccc(OC(=O)OCc3ccccc3)cc2)NC(=O)OCc2ccccc2)CCc2[nH]c3c(Cl)cc(Cl)cc3c2C1)C(N)=O. The maximum absolute atomic E-state index is 14.5. The molecule has 15 heteroatoms. The first-order valence-electron chi connectivity index (χ1n) is 19.7. The quantitative estimate of drug-likeness (QED) is 0.0499. The van der Waals surface area contributed by atoms with Crippen LogP contribution in [0.3, 0.4) is 0 Å². The van der Waals surface area contributed by atoms with Gasteiger partial charge < -0.3 is 40.9 Å². The van der Waals surface area contributed by atoms with Crippen molar-refractivity contribution in [3.8, 4) is 5.75 Å². The van der Waals surface area contributed by atoms with Crippen molar-refractivity contribution < 1.29 is 38.2 Å². The lowest BCUT2D eigenvalue weighted by molar-refractivity contribution is -0.137. The molecule has 4 unspecified atom stereocenters. The lowest BCUT2D eigenvalue weighted by Gasteiger charge is -2.39. The molecule has 314 valence electrons. The van der Waals surface area contributed by atoms with Gasteiger partial charge in [0.1, 0.15) is 36.6 Å². The van der Waals surface area contributed by atoms with Gasteiger partial charge >= 0.3 is 12.2 Å². The third kappa shape index (κ3) is 11.0. The number of alkyl carbamates (subject to hydrolysis) is 1. The molecular formula is C45H47Cl2N5O8. The number of benzene rings is 4. The second-order valence-electron chi connectivity index (χ2n) is 14.9. The molecule has 0 fully saturated rings. The van der Waals surface area contributed by atoms with E-state index in [0.717, 1.165) is 27.9 Å². The van der Waals surface area contributed by atoms with E-state index in [0.29, 0.717) is 33.8 Å². The van der Waals surface area contributed by atoms with Crippen molar-refractivity contribution in [3.05, 3.63) is 135 Å². The number of amides is 4. The fourth-order valence-corrected chi connectivity index (χ4v) is 7.75. The van der Waals surface area contributed by atoms with E-state index < -0.39 is 47.6 Å². The number of halogens is 2. The van der Waals surface area contributed by atoms with Crippen LogP contribution in [0.2, 0.25) is 10.0 Å². The van der Waals surface area contributed by atoms with Gasteiger partial charge in [0, 0.05) is 22.5 Å². The van der Waals surface area contributed by atoms with Crippen LogP contribution in [0, 0.1) is 5.92 Å². The second kappa shape index (κ2) is 19.8. The summed E-state index contributed by atoms with van der Waals surface area (Å²) in [6.07, 6.45) is -0.279. The van der Waals surface area contributed by atoms with Crippen LogP contribution in [0.5, 0.6) is 5.75 Å². The zero-order valence-corrected chi connectivity index (χ0v) is 34.7. The number of primary amides is 1. The van der Waals surface area contributed by atoms with Crippen LogP contribution in [0.1, 0.15) is 61.1 Å². The number of hydrogen-bond acceptors (Lipinski definition) is 8. The summed E-state index contributed by atoms with van der Waals surface area (Å²) in [6, 6.07) is 26.1. The Morgan fingerprint density at radius 3 is 2.13 bits per heavy atom. The number of hydrogen-bond donors (Lipinski definition) is 5. The molecule has 0 spiro atoms. The van der Waals surface area contributed by atoms with Crippen molar-refractivity contribution in [1.29, 1.82) is 0 Å². The first kappa shape index (κ1) is 43.5. The topological polar surface area (TPSA) is 191 Å². The van der Waals surface area contributed by atoms with Gasteiger partial charge in [0.25, 0.3) is 0 Å². The van der Waals surface area contributed by atoms with Gasteiger partial charge in [0.2, 0.25) is 17.7 Å². The highest BCUT2D eigenvalue weighted by molar-refractivity contribution is 6.38. The summed E-state index contributed by atoms with van der Waals surface area (Å²) in [5.41, 5.74) is 8.71. The van der Waals surface area contributed by atoms with E-state index >= 15 is 0 Å². The molecule has 6 N–H and O–H groups in total. The molecule has 0 radical (unpaired) electrons. The van der Waals surface area contributed by atoms with E-state index in [1.54, 1.807) is 55.5 Å². The molecular weight excluding hydrogens is 809 g/mol. The Balaban J connectivity index is 1.23. The number of aromatic amines is 1. The van der Waals surface area contributed by atoms with E-state index in [1.807, 2.05) is 55.5 Å². The van der Waals surface area contributed by atoms with E-state index in [9.17, 15) is 24.0 Å². The minimum Gasteiger partial charge on any atom is -0.445 e. The number of carbonyl (C=O) groups excluding carboxylic acids is 5. The molecule has 4 amide bonds. The lowest BCUT2D eigenvalue weighted by atomic mass is 9.78. The predicted molar refractivity (Wildman–Crippen MR) is 227 cm³/mol. The average Bonchev–Trinajstić information content (AvgIpc) is 3.61. The normalized spacial score (nSPS) is 16.1. The second-order valence-corrected chi connectivity index (χ2v) is 15.8. The number of aromatic nitrogens is 1. The number of nitrogens with two attached hydrogens (primary N) is 1. The minimum atomic E-state index is -1.59. The van der Waals surface area contributed by atoms with Gasteiger partial charge in [-0.3, -0.25) is 14.4 Å². The number of aryl methyl sites for hydroxylation is 2. The Morgan fingerprint density at radius 2 is 1.50 bits per heavy atom. The van der Waals surface area contributed by atoms with Gasteiger partial charge in [-0.2, -0.15) is 0 Å². The maximum atomic E-state index is 14.5. The third-order valence-electron chi connectivity index (χ3n) is 10.8. The van der Waals surface area contributed by atoms with E-state index in [1.165, 1.54) is 0 Å². The first-order chi connectivity index (χ1) is 28.8. The standard InChI is InChI=1S/C45H47Cl2N5O8/c1-3-27(2)38(40(48)53)51-42(55)45(21-20-36-34(24-45)33-22-31(46)23-35(47)39(33)49-36)52-41(54)37(50-43(56)58-25-29-10-6-4-7-11-29)19-16-28-14-17-32(18-15-28)60-44(57)59-26-30-12-8-5-9-13-30/h4-15,17-18,22-23,27,37-38,49H,3,16,19-21,24-26H2,1-2H3,(H2,48,53)(H,50,56)(H,51,55)(H,52,54). The Morgan fingerprint density at radius 1 is 0.850 bits per heavy atom. The molecule has 13 nitrogen and oxygen atoms in total. The highest BCUT2D eigenvalue weighted by atomic mass is 35.5. The zero-order chi connectivity index (χ0) is 42.8. The summed E-state index contributed by atoms with van der Waals surface area (Å²) in [7, 11) is 0. The van der Waals surface area contributed by atoms with Crippen LogP contribution in [0.4, 0.5) is 9.59 Å². The smallest absolute Gasteiger partial charge is 0.445 e. The van der Waals surface area contributed by atoms with Gasteiger partial charge in [0.05, 0.1) is 10.5 Å². The van der Waals surface area contributed by atoms with Crippen LogP contribution in [-0.2, 0) is 56.3 Å². The largest absolute Gasteiger partial charge is 0.514 e. The molecule has 0 aliphatic heterocycles. The summed E-state index contributed by atoms with van der Waals surface area (Å²) in [6.45, 7) is 3.70. The van der Waals surface area contributed by atoms with Crippen molar-refractivity contribution in [2.24, 2.45) is 11.7 Å². The molecule has 4 atom stereocenters. The van der Waals surface area contributed by atoms with Crippen molar-refractivity contribution in [3.63, 3.8) is 0 Å². The van der Waals surface area contributed by atoms with Gasteiger partial charge in [-0.05, 0) is 78.1 Å². The van der Waals surface area contributed by atoms with E-state index in [2.05, 4.69) is 20.9 Å². The Bertz CT molecular complexity index is 2320. The zero-order valence-electron chi connectivity index (χ0n) is 33.2. The molecule has 1 heterocycles. The van der Waals surface area contributed by atoms with Crippen molar-refractivity contribution >= 4 is 64.1 Å². The molecule has 0 saturated heterocycles. The van der Waals surface area contributed by atoms with E-state index in [-0.39, 0.29) is 50.6 Å². The fraction of sp³-hybridized carbons (Fsp3) is 0.311. The van der Waals surface area contributed by atoms with Gasteiger partial charge in [-0.25, -0.2) is 9.59 Å². The van der Waals surface area contributed by atoms with Crippen molar-refractivity contribution in [2.45, 2.75) is 83.2 Å². The van der Waals surface area contributed by atoms with Crippen molar-refractivity contribution in [2.75, 3.05) is 0 Å². The molecule has 6 rings (SSSR count). The third-order valence-corrected chi connectivity index (χ3v) is 11.3. The van der Waals surface area contributed by atoms with Crippen molar-refractivity contribution in [1.82, 2.24) is 20.9 Å². The number of H-pyrrole nitrogens is 1. The van der Waals surface area contributed by atoms with Crippen LogP contribution in [0.25, 0.3) is 10.9 Å². The molecule has 0 bridgehead atoms. The maximum Gasteiger partial charge on any atom is 0.514 e. The number of carbonyl (C=O) groups is 5. The molecule has 1 aromatic heterocycles. The summed E-state index contributed by atoms with van der Waals surface area (Å²) in [4.78, 5) is 70.7. The molecule has 1 aliphatic carbocycles. The monoisotopic (exact) mass is 855 g/mol. The predicted octanol–water partition coefficient (Wildman–Crippen LogP) is 7.48. The molecule has 4 aromatic carbocycles. The number of fused-ring (bicyclic) bond motifs is 3. The fourth-order valence-electron chi connectivity index (χ4n) is 7.21. The Kier molecular flexibility index (Phi) is 14.4. The summed E-state index contributed by atoms with van der Waals surface area (Å²) < 4.78 is 16.0. The first-order valence-corrected chi connectivity index (χ1v) is 20.4. The molecule has 0 saturated carbocycles. The van der Waals surface area contributed by atoms with Gasteiger partial charge in [0.15, 0.2) is 0 Å². The Hall–Kier alpha value is -6.05. The summed E-state index contributed by atoms with van der Waals surface area (Å²) >= 11 is 13.0. The lowest BCUT2D eigenvalue weighted by Crippen LogP contribution is -2.66. The average molecular weight is 857 g/mol. The number of rotatable bonds is 16. The number of nitrogens with one attached hydrogen (secondary N) is 4. The summed E-state index contributed by atoms with van der Waals surface area (Å²) in [5, 5.41) is 10.0. The van der Waals surface area contributed by atoms with Crippen LogP contribution >= 0.6 is 23.2 Å². The van der Waals surface area contributed by atoms with Gasteiger partial charge in [-0.15, -0.1) is 0 Å².